The van der Waals surface area contributed by atoms with Crippen molar-refractivity contribution < 1.29 is 31.5 Å². The molecule has 0 aliphatic heterocycles. The van der Waals surface area contributed by atoms with Gasteiger partial charge in [0.2, 0.25) is 0 Å². The third kappa shape index (κ3) is 3.70. The average Bonchev–Trinajstić information content (AvgIpc) is 2.82. The molecule has 1 heterocycles. The number of thiophene rings is 1. The maximum atomic E-state index is 12.9. The van der Waals surface area contributed by atoms with E-state index in [2.05, 4.69) is 0 Å². The van der Waals surface area contributed by atoms with Gasteiger partial charge in [0.05, 0.1) is 5.56 Å². The Labute approximate surface area is 139 Å². The molecule has 0 aliphatic carbocycles. The Hall–Kier alpha value is -2.07. The van der Waals surface area contributed by atoms with Gasteiger partial charge < -0.3 is 5.11 Å². The van der Waals surface area contributed by atoms with Crippen LogP contribution in [0.4, 0.5) is 18.9 Å². The van der Waals surface area contributed by atoms with Crippen LogP contribution < -0.4 is 4.72 Å². The molecule has 1 aromatic heterocycles. The lowest BCUT2D eigenvalue weighted by molar-refractivity contribution is -0.138. The highest BCUT2D eigenvalue weighted by atomic mass is 32.2. The molecular formula is C14H12F3NO4S2. The van der Waals surface area contributed by atoms with Crippen molar-refractivity contribution in [3.8, 4) is 0 Å². The van der Waals surface area contributed by atoms with Crippen molar-refractivity contribution in [2.24, 2.45) is 0 Å². The number of hydrogen-bond donors (Lipinski definition) is 2. The predicted molar refractivity (Wildman–Crippen MR) is 83.0 cm³/mol. The van der Waals surface area contributed by atoms with Gasteiger partial charge >= 0.3 is 12.1 Å². The molecular weight excluding hydrogens is 367 g/mol. The molecule has 0 amide bonds. The molecule has 0 spiro atoms. The van der Waals surface area contributed by atoms with Crippen molar-refractivity contribution in [2.75, 3.05) is 4.72 Å². The third-order valence-corrected chi connectivity index (χ3v) is 6.23. The zero-order chi connectivity index (χ0) is 18.3. The topological polar surface area (TPSA) is 83.5 Å². The first-order valence-electron chi connectivity index (χ1n) is 6.46. The fraction of sp³-hybridized carbons (Fsp3) is 0.214. The molecule has 2 rings (SSSR count). The maximum Gasteiger partial charge on any atom is 0.416 e. The van der Waals surface area contributed by atoms with Gasteiger partial charge in [0.1, 0.15) is 9.09 Å². The number of carbonyl (C=O) groups is 1. The van der Waals surface area contributed by atoms with E-state index in [0.29, 0.717) is 17.4 Å². The van der Waals surface area contributed by atoms with Gasteiger partial charge in [-0.3, -0.25) is 4.72 Å². The molecule has 0 saturated carbocycles. The fourth-order valence-electron chi connectivity index (χ4n) is 1.99. The number of anilines is 1. The summed E-state index contributed by atoms with van der Waals surface area (Å²) in [4.78, 5) is 10.8. The minimum absolute atomic E-state index is 0.0365. The van der Waals surface area contributed by atoms with Crippen molar-refractivity contribution in [3.05, 3.63) is 45.8 Å². The van der Waals surface area contributed by atoms with Crippen LogP contribution in [0.15, 0.2) is 28.5 Å². The van der Waals surface area contributed by atoms with Crippen molar-refractivity contribution in [1.82, 2.24) is 0 Å². The second-order valence-electron chi connectivity index (χ2n) is 5.02. The number of hydrogen-bond acceptors (Lipinski definition) is 4. The summed E-state index contributed by atoms with van der Waals surface area (Å²) < 4.78 is 64.9. The first-order valence-corrected chi connectivity index (χ1v) is 8.76. The fourth-order valence-corrected chi connectivity index (χ4v) is 4.42. The maximum absolute atomic E-state index is 12.9. The van der Waals surface area contributed by atoms with E-state index in [1.165, 1.54) is 19.9 Å². The number of nitrogens with one attached hydrogen (secondary N) is 1. The Morgan fingerprint density at radius 1 is 1.17 bits per heavy atom. The van der Waals surface area contributed by atoms with Crippen LogP contribution in [0.2, 0.25) is 0 Å². The Bertz CT molecular complexity index is 901. The number of carboxylic acid groups (broad SMARTS) is 1. The number of aryl methyl sites for hydroxylation is 2. The average molecular weight is 379 g/mol. The Morgan fingerprint density at radius 3 is 2.29 bits per heavy atom. The molecule has 24 heavy (non-hydrogen) atoms. The highest BCUT2D eigenvalue weighted by Gasteiger charge is 2.33. The van der Waals surface area contributed by atoms with Crippen LogP contribution in [0, 0.1) is 13.8 Å². The summed E-state index contributed by atoms with van der Waals surface area (Å²) >= 11 is 0.534. The molecule has 0 fully saturated rings. The second-order valence-corrected chi connectivity index (χ2v) is 7.98. The molecule has 5 nitrogen and oxygen atoms in total. The van der Waals surface area contributed by atoms with Crippen LogP contribution in [-0.2, 0) is 16.2 Å². The Morgan fingerprint density at radius 2 is 1.79 bits per heavy atom. The minimum atomic E-state index is -4.61. The number of carboxylic acids is 1. The van der Waals surface area contributed by atoms with Gasteiger partial charge in [-0.15, -0.1) is 11.3 Å². The summed E-state index contributed by atoms with van der Waals surface area (Å²) in [5.74, 6) is -1.27. The van der Waals surface area contributed by atoms with Gasteiger partial charge in [0, 0.05) is 5.69 Å². The van der Waals surface area contributed by atoms with Gasteiger partial charge in [-0.05, 0) is 43.2 Å². The van der Waals surface area contributed by atoms with Crippen LogP contribution in [0.25, 0.3) is 0 Å². The monoisotopic (exact) mass is 379 g/mol. The standard InChI is InChI=1S/C14H12F3NO4S2/c1-7-3-4-9(6-10(7)14(15,16)17)18-24(21,22)11-5-8(2)12(23-11)13(19)20/h3-6,18H,1-2H3,(H,19,20). The van der Waals surface area contributed by atoms with E-state index in [-0.39, 0.29) is 25.9 Å². The molecule has 0 unspecified atom stereocenters. The molecule has 130 valence electrons. The Kier molecular flexibility index (Phi) is 4.64. The molecule has 2 aromatic rings. The molecule has 0 aliphatic rings. The van der Waals surface area contributed by atoms with Gasteiger partial charge in [0.15, 0.2) is 0 Å². The SMILES string of the molecule is Cc1ccc(NS(=O)(=O)c2cc(C)c(C(=O)O)s2)cc1C(F)(F)F. The number of rotatable bonds is 4. The number of benzene rings is 1. The number of alkyl halides is 3. The first-order chi connectivity index (χ1) is 10.9. The first kappa shape index (κ1) is 18.3. The summed E-state index contributed by atoms with van der Waals surface area (Å²) in [5, 5.41) is 8.96. The van der Waals surface area contributed by atoms with Gasteiger partial charge in [-0.2, -0.15) is 13.2 Å². The van der Waals surface area contributed by atoms with E-state index in [0.717, 1.165) is 12.1 Å². The molecule has 10 heteroatoms. The number of aromatic carboxylic acids is 1. The zero-order valence-electron chi connectivity index (χ0n) is 12.4. The second kappa shape index (κ2) is 6.10. The number of sulfonamides is 1. The largest absolute Gasteiger partial charge is 0.477 e. The predicted octanol–water partition coefficient (Wildman–Crippen LogP) is 3.88. The highest BCUT2D eigenvalue weighted by Crippen LogP contribution is 2.34. The van der Waals surface area contributed by atoms with Crippen molar-refractivity contribution in [3.63, 3.8) is 0 Å². The minimum Gasteiger partial charge on any atom is -0.477 e. The normalized spacial score (nSPS) is 12.2. The van der Waals surface area contributed by atoms with E-state index in [9.17, 15) is 26.4 Å². The summed E-state index contributed by atoms with van der Waals surface area (Å²) in [6, 6.07) is 4.23. The molecule has 0 radical (unpaired) electrons. The molecule has 0 saturated heterocycles. The third-order valence-electron chi connectivity index (χ3n) is 3.15. The lowest BCUT2D eigenvalue weighted by Crippen LogP contribution is -2.13. The van der Waals surface area contributed by atoms with Crippen LogP contribution in [0.5, 0.6) is 0 Å². The van der Waals surface area contributed by atoms with E-state index >= 15 is 0 Å². The lowest BCUT2D eigenvalue weighted by atomic mass is 10.1. The molecule has 1 aromatic carbocycles. The van der Waals surface area contributed by atoms with Gasteiger partial charge in [0.25, 0.3) is 10.0 Å². The lowest BCUT2D eigenvalue weighted by Gasteiger charge is -2.13. The van der Waals surface area contributed by atoms with Crippen LogP contribution in [0.1, 0.15) is 26.4 Å². The van der Waals surface area contributed by atoms with Gasteiger partial charge in [-0.25, -0.2) is 13.2 Å². The quantitative estimate of drug-likeness (QED) is 0.844. The molecule has 0 bridgehead atoms. The Balaban J connectivity index is 2.40. The van der Waals surface area contributed by atoms with E-state index in [4.69, 9.17) is 5.11 Å². The highest BCUT2D eigenvalue weighted by molar-refractivity contribution is 7.94. The van der Waals surface area contributed by atoms with Gasteiger partial charge in [-0.1, -0.05) is 6.07 Å². The smallest absolute Gasteiger partial charge is 0.416 e. The molecule has 2 N–H and O–H groups in total. The summed E-state index contributed by atoms with van der Waals surface area (Å²) in [6.45, 7) is 2.70. The summed E-state index contributed by atoms with van der Waals surface area (Å²) in [7, 11) is -4.19. The van der Waals surface area contributed by atoms with E-state index in [1.807, 2.05) is 4.72 Å². The molecule has 0 atom stereocenters. The van der Waals surface area contributed by atoms with Crippen LogP contribution >= 0.6 is 11.3 Å². The van der Waals surface area contributed by atoms with E-state index in [1.54, 1.807) is 0 Å². The van der Waals surface area contributed by atoms with Crippen LogP contribution in [0.3, 0.4) is 0 Å². The van der Waals surface area contributed by atoms with Crippen molar-refractivity contribution in [1.29, 1.82) is 0 Å². The summed E-state index contributed by atoms with van der Waals surface area (Å²) in [5.41, 5.74) is -0.981. The van der Waals surface area contributed by atoms with Crippen LogP contribution in [-0.4, -0.2) is 19.5 Å². The zero-order valence-corrected chi connectivity index (χ0v) is 14.1. The van der Waals surface area contributed by atoms with E-state index < -0.39 is 27.7 Å². The van der Waals surface area contributed by atoms with Crippen molar-refractivity contribution in [2.45, 2.75) is 24.2 Å². The summed E-state index contributed by atoms with van der Waals surface area (Å²) in [6.07, 6.45) is -4.61. The number of halogens is 3. The van der Waals surface area contributed by atoms with Crippen molar-refractivity contribution >= 4 is 33.0 Å².